The topological polar surface area (TPSA) is 58.2 Å². The molecule has 0 radical (unpaired) electrons. The van der Waals surface area contributed by atoms with Crippen molar-refractivity contribution in [2.75, 3.05) is 11.6 Å². The number of hydrogen-bond acceptors (Lipinski definition) is 2. The quantitative estimate of drug-likeness (QED) is 0.889. The van der Waals surface area contributed by atoms with Crippen LogP contribution in [0, 0.1) is 0 Å². The zero-order valence-electron chi connectivity index (χ0n) is 12.8. The Morgan fingerprint density at radius 1 is 1.09 bits per heavy atom. The van der Waals surface area contributed by atoms with Gasteiger partial charge in [0, 0.05) is 34.2 Å². The van der Waals surface area contributed by atoms with E-state index in [1.165, 1.54) is 5.56 Å². The highest BCUT2D eigenvalue weighted by Crippen LogP contribution is 2.13. The highest BCUT2D eigenvalue weighted by atomic mass is 32.2. The normalized spacial score (nSPS) is 11.7. The van der Waals surface area contributed by atoms with Crippen molar-refractivity contribution in [1.29, 1.82) is 0 Å². The zero-order chi connectivity index (χ0) is 15.9. The first-order valence-corrected chi connectivity index (χ1v) is 8.71. The average Bonchev–Trinajstić information content (AvgIpc) is 2.53. The molecule has 4 nitrogen and oxygen atoms in total. The molecule has 0 saturated carbocycles. The van der Waals surface area contributed by atoms with Gasteiger partial charge in [-0.05, 0) is 35.7 Å². The first-order valence-electron chi connectivity index (χ1n) is 7.15. The number of benzene rings is 2. The summed E-state index contributed by atoms with van der Waals surface area (Å²) in [6.07, 6.45) is 2.55. The third kappa shape index (κ3) is 4.43. The van der Waals surface area contributed by atoms with Crippen molar-refractivity contribution in [3.63, 3.8) is 0 Å². The fraction of sp³-hybridized carbons (Fsp3) is 0.235. The SMILES string of the molecule is CCc1ccccc1CNC(=O)Nc1cccc(S(C)=O)c1. The number of rotatable bonds is 5. The average molecular weight is 316 g/mol. The van der Waals surface area contributed by atoms with E-state index in [1.54, 1.807) is 30.5 Å². The van der Waals surface area contributed by atoms with Crippen molar-refractivity contribution in [2.45, 2.75) is 24.8 Å². The number of aryl methyl sites for hydroxylation is 1. The molecule has 2 rings (SSSR count). The van der Waals surface area contributed by atoms with Crippen LogP contribution in [-0.2, 0) is 23.8 Å². The van der Waals surface area contributed by atoms with Gasteiger partial charge in [-0.25, -0.2) is 4.79 Å². The van der Waals surface area contributed by atoms with Crippen LogP contribution in [0.1, 0.15) is 18.1 Å². The monoisotopic (exact) mass is 316 g/mol. The van der Waals surface area contributed by atoms with Gasteiger partial charge in [0.25, 0.3) is 0 Å². The van der Waals surface area contributed by atoms with Crippen LogP contribution < -0.4 is 10.6 Å². The molecule has 1 atom stereocenters. The second kappa shape index (κ2) is 7.75. The first kappa shape index (κ1) is 16.2. The molecule has 2 aromatic rings. The Bertz CT molecular complexity index is 686. The summed E-state index contributed by atoms with van der Waals surface area (Å²) in [5.41, 5.74) is 2.98. The van der Waals surface area contributed by atoms with Crippen LogP contribution in [0.25, 0.3) is 0 Å². The highest BCUT2D eigenvalue weighted by Gasteiger charge is 2.05. The van der Waals surface area contributed by atoms with Gasteiger partial charge in [0.1, 0.15) is 0 Å². The standard InChI is InChI=1S/C17H20N2O2S/c1-3-13-7-4-5-8-14(13)12-18-17(20)19-15-9-6-10-16(11-15)22(2)21/h4-11H,3,12H2,1-2H3,(H2,18,19,20). The summed E-state index contributed by atoms with van der Waals surface area (Å²) in [4.78, 5) is 12.7. The van der Waals surface area contributed by atoms with E-state index in [4.69, 9.17) is 0 Å². The van der Waals surface area contributed by atoms with Crippen molar-refractivity contribution in [3.8, 4) is 0 Å². The summed E-state index contributed by atoms with van der Waals surface area (Å²) in [5, 5.41) is 5.61. The van der Waals surface area contributed by atoms with Crippen LogP contribution in [0.5, 0.6) is 0 Å². The molecule has 2 amide bonds. The molecular formula is C17H20N2O2S. The van der Waals surface area contributed by atoms with E-state index >= 15 is 0 Å². The van der Waals surface area contributed by atoms with Gasteiger partial charge in [-0.3, -0.25) is 4.21 Å². The largest absolute Gasteiger partial charge is 0.334 e. The number of carbonyl (C=O) groups excluding carboxylic acids is 1. The van der Waals surface area contributed by atoms with Crippen molar-refractivity contribution in [2.24, 2.45) is 0 Å². The second-order valence-corrected chi connectivity index (χ2v) is 6.29. The molecule has 0 aromatic heterocycles. The maximum atomic E-state index is 12.0. The molecule has 22 heavy (non-hydrogen) atoms. The Morgan fingerprint density at radius 2 is 1.82 bits per heavy atom. The Hall–Kier alpha value is -2.14. The lowest BCUT2D eigenvalue weighted by molar-refractivity contribution is 0.251. The fourth-order valence-corrected chi connectivity index (χ4v) is 2.74. The highest BCUT2D eigenvalue weighted by molar-refractivity contribution is 7.84. The molecule has 0 heterocycles. The van der Waals surface area contributed by atoms with E-state index in [1.807, 2.05) is 18.2 Å². The van der Waals surface area contributed by atoms with Crippen LogP contribution in [-0.4, -0.2) is 16.5 Å². The maximum Gasteiger partial charge on any atom is 0.319 e. The molecule has 116 valence electrons. The van der Waals surface area contributed by atoms with Crippen LogP contribution >= 0.6 is 0 Å². The van der Waals surface area contributed by atoms with Crippen LogP contribution in [0.2, 0.25) is 0 Å². The summed E-state index contributed by atoms with van der Waals surface area (Å²) in [6, 6.07) is 14.8. The lowest BCUT2D eigenvalue weighted by Crippen LogP contribution is -2.28. The van der Waals surface area contributed by atoms with Crippen molar-refractivity contribution >= 4 is 22.5 Å². The molecule has 2 N–H and O–H groups in total. The number of urea groups is 1. The Morgan fingerprint density at radius 3 is 2.50 bits per heavy atom. The van der Waals surface area contributed by atoms with E-state index < -0.39 is 10.8 Å². The zero-order valence-corrected chi connectivity index (χ0v) is 13.6. The maximum absolute atomic E-state index is 12.0. The van der Waals surface area contributed by atoms with Crippen LogP contribution in [0.4, 0.5) is 10.5 Å². The summed E-state index contributed by atoms with van der Waals surface area (Å²) in [7, 11) is -1.06. The lowest BCUT2D eigenvalue weighted by Gasteiger charge is -2.11. The van der Waals surface area contributed by atoms with E-state index in [9.17, 15) is 9.00 Å². The minimum Gasteiger partial charge on any atom is -0.334 e. The summed E-state index contributed by atoms with van der Waals surface area (Å²) >= 11 is 0. The molecule has 1 unspecified atom stereocenters. The molecule has 0 aliphatic heterocycles. The Labute approximate surface area is 133 Å². The third-order valence-corrected chi connectivity index (χ3v) is 4.28. The van der Waals surface area contributed by atoms with Crippen molar-refractivity contribution in [1.82, 2.24) is 5.32 Å². The van der Waals surface area contributed by atoms with Gasteiger partial charge in [-0.1, -0.05) is 37.3 Å². The first-order chi connectivity index (χ1) is 10.6. The number of nitrogens with one attached hydrogen (secondary N) is 2. The number of carbonyl (C=O) groups is 1. The predicted molar refractivity (Wildman–Crippen MR) is 90.5 cm³/mol. The van der Waals surface area contributed by atoms with Gasteiger partial charge in [0.05, 0.1) is 0 Å². The third-order valence-electron chi connectivity index (χ3n) is 3.36. The van der Waals surface area contributed by atoms with E-state index in [0.29, 0.717) is 17.1 Å². The molecule has 0 bridgehead atoms. The van der Waals surface area contributed by atoms with E-state index in [0.717, 1.165) is 12.0 Å². The number of hydrogen-bond donors (Lipinski definition) is 2. The second-order valence-electron chi connectivity index (χ2n) is 4.91. The van der Waals surface area contributed by atoms with Crippen molar-refractivity contribution < 1.29 is 9.00 Å². The van der Waals surface area contributed by atoms with E-state index in [-0.39, 0.29) is 6.03 Å². The van der Waals surface area contributed by atoms with E-state index in [2.05, 4.69) is 23.6 Å². The van der Waals surface area contributed by atoms with Crippen LogP contribution in [0.3, 0.4) is 0 Å². The Kier molecular flexibility index (Phi) is 5.72. The molecule has 0 fully saturated rings. The summed E-state index contributed by atoms with van der Waals surface area (Å²) in [5.74, 6) is 0. The summed E-state index contributed by atoms with van der Waals surface area (Å²) in [6.45, 7) is 2.57. The van der Waals surface area contributed by atoms with Gasteiger partial charge >= 0.3 is 6.03 Å². The number of anilines is 1. The minimum absolute atomic E-state index is 0.273. The predicted octanol–water partition coefficient (Wildman–Crippen LogP) is 3.31. The number of amides is 2. The smallest absolute Gasteiger partial charge is 0.319 e. The Balaban J connectivity index is 1.96. The molecular weight excluding hydrogens is 296 g/mol. The molecule has 0 spiro atoms. The van der Waals surface area contributed by atoms with Gasteiger partial charge in [-0.2, -0.15) is 0 Å². The molecule has 2 aromatic carbocycles. The minimum atomic E-state index is -1.06. The van der Waals surface area contributed by atoms with Crippen LogP contribution in [0.15, 0.2) is 53.4 Å². The van der Waals surface area contributed by atoms with Gasteiger partial charge in [-0.15, -0.1) is 0 Å². The fourth-order valence-electron chi connectivity index (χ4n) is 2.18. The van der Waals surface area contributed by atoms with Crippen molar-refractivity contribution in [3.05, 3.63) is 59.7 Å². The van der Waals surface area contributed by atoms with Gasteiger partial charge in [0.15, 0.2) is 0 Å². The molecule has 0 aliphatic carbocycles. The lowest BCUT2D eigenvalue weighted by atomic mass is 10.1. The molecule has 0 aliphatic rings. The molecule has 0 saturated heterocycles. The van der Waals surface area contributed by atoms with Gasteiger partial charge in [0.2, 0.25) is 0 Å². The van der Waals surface area contributed by atoms with Gasteiger partial charge < -0.3 is 10.6 Å². The summed E-state index contributed by atoms with van der Waals surface area (Å²) < 4.78 is 11.4. The molecule has 5 heteroatoms.